The summed E-state index contributed by atoms with van der Waals surface area (Å²) in [5.41, 5.74) is 1.00. The molecule has 3 aliphatic rings. The van der Waals surface area contributed by atoms with Gasteiger partial charge in [0.15, 0.2) is 5.82 Å². The van der Waals surface area contributed by atoms with E-state index in [9.17, 15) is 13.6 Å². The van der Waals surface area contributed by atoms with Crippen molar-refractivity contribution in [2.24, 2.45) is 5.92 Å². The summed E-state index contributed by atoms with van der Waals surface area (Å²) in [5, 5.41) is 0. The smallest absolute Gasteiger partial charge is 0.296 e. The van der Waals surface area contributed by atoms with Crippen LogP contribution in [0.3, 0.4) is 0 Å². The number of halogens is 2. The maximum atomic E-state index is 14.1. The van der Waals surface area contributed by atoms with Gasteiger partial charge in [0.1, 0.15) is 5.82 Å². The average Bonchev–Trinajstić information content (AvgIpc) is 3.66. The van der Waals surface area contributed by atoms with Crippen molar-refractivity contribution in [3.8, 4) is 11.7 Å². The number of hydrogen-bond acceptors (Lipinski definition) is 8. The molecule has 10 nitrogen and oxygen atoms in total. The molecule has 5 heterocycles. The molecule has 2 aromatic heterocycles. The molecule has 0 N–H and O–H groups in total. The Morgan fingerprint density at radius 1 is 1.02 bits per heavy atom. The molecule has 3 fully saturated rings. The topological polar surface area (TPSA) is 88.9 Å². The van der Waals surface area contributed by atoms with Crippen LogP contribution in [0.15, 0.2) is 30.3 Å². The minimum atomic E-state index is -2.79. The number of imidazole rings is 1. The van der Waals surface area contributed by atoms with Crippen molar-refractivity contribution in [2.45, 2.75) is 45.0 Å². The van der Waals surface area contributed by atoms with Crippen molar-refractivity contribution >= 4 is 22.9 Å². The van der Waals surface area contributed by atoms with Crippen LogP contribution in [0.4, 0.5) is 14.7 Å². The van der Waals surface area contributed by atoms with Gasteiger partial charge in [-0.2, -0.15) is 9.97 Å². The number of carbonyl (C=O) groups excluding carboxylic acids is 1. The van der Waals surface area contributed by atoms with E-state index >= 15 is 0 Å². The summed E-state index contributed by atoms with van der Waals surface area (Å²) in [5.74, 6) is 1.000. The molecule has 3 aromatic rings. The minimum Gasteiger partial charge on any atom is -0.477 e. The first-order valence-electron chi connectivity index (χ1n) is 15.2. The highest BCUT2D eigenvalue weighted by Crippen LogP contribution is 2.30. The fourth-order valence-electron chi connectivity index (χ4n) is 6.12. The van der Waals surface area contributed by atoms with E-state index in [0.717, 1.165) is 39.0 Å². The first kappa shape index (κ1) is 28.7. The largest absolute Gasteiger partial charge is 0.477 e. The third-order valence-electron chi connectivity index (χ3n) is 8.40. The van der Waals surface area contributed by atoms with E-state index in [1.165, 1.54) is 23.8 Å². The van der Waals surface area contributed by atoms with Crippen LogP contribution in [0.25, 0.3) is 16.9 Å². The van der Waals surface area contributed by atoms with Crippen molar-refractivity contribution in [3.05, 3.63) is 36.2 Å². The Morgan fingerprint density at radius 3 is 2.64 bits per heavy atom. The lowest BCUT2D eigenvalue weighted by Gasteiger charge is -2.27. The molecule has 12 heteroatoms. The Morgan fingerprint density at radius 2 is 1.83 bits per heavy atom. The number of rotatable bonds is 10. The number of amides is 1. The van der Waals surface area contributed by atoms with Crippen LogP contribution in [0.5, 0.6) is 5.88 Å². The van der Waals surface area contributed by atoms with Gasteiger partial charge in [-0.1, -0.05) is 18.6 Å². The maximum absolute atomic E-state index is 14.1. The van der Waals surface area contributed by atoms with Gasteiger partial charge in [0.2, 0.25) is 17.7 Å². The van der Waals surface area contributed by atoms with E-state index in [-0.39, 0.29) is 23.5 Å². The zero-order chi connectivity index (χ0) is 28.9. The number of piperidine rings is 1. The molecule has 0 spiro atoms. The van der Waals surface area contributed by atoms with E-state index in [1.807, 2.05) is 9.80 Å². The van der Waals surface area contributed by atoms with Gasteiger partial charge < -0.3 is 24.2 Å². The first-order chi connectivity index (χ1) is 20.5. The van der Waals surface area contributed by atoms with Gasteiger partial charge >= 0.3 is 0 Å². The SMILES string of the molecule is O=C(CCCN1CCCCC1)N1CC[C@H](COc2cc(-n3c(C(F)F)nc4ccccc43)nc(N3CCOCC3)n2)C1. The summed E-state index contributed by atoms with van der Waals surface area (Å²) in [6, 6.07) is 8.62. The molecule has 0 unspecified atom stereocenters. The predicted octanol–water partition coefficient (Wildman–Crippen LogP) is 4.08. The number of para-hydroxylation sites is 2. The van der Waals surface area contributed by atoms with Crippen LogP contribution in [-0.4, -0.2) is 101 Å². The number of anilines is 1. The molecule has 0 bridgehead atoms. The van der Waals surface area contributed by atoms with Gasteiger partial charge in [-0.15, -0.1) is 0 Å². The highest BCUT2D eigenvalue weighted by molar-refractivity contribution is 5.78. The van der Waals surface area contributed by atoms with Gasteiger partial charge in [0.25, 0.3) is 6.43 Å². The number of benzene rings is 1. The first-order valence-corrected chi connectivity index (χ1v) is 15.2. The third kappa shape index (κ3) is 6.64. The summed E-state index contributed by atoms with van der Waals surface area (Å²) < 4.78 is 41.3. The maximum Gasteiger partial charge on any atom is 0.296 e. The molecule has 1 aromatic carbocycles. The number of carbonyl (C=O) groups is 1. The Kier molecular flexibility index (Phi) is 9.09. The van der Waals surface area contributed by atoms with Crippen molar-refractivity contribution in [1.82, 2.24) is 29.3 Å². The lowest BCUT2D eigenvalue weighted by atomic mass is 10.1. The number of hydrogen-bond donors (Lipinski definition) is 0. The molecular formula is C30H39F2N7O3. The third-order valence-corrected chi connectivity index (χ3v) is 8.40. The molecule has 42 heavy (non-hydrogen) atoms. The van der Waals surface area contributed by atoms with E-state index < -0.39 is 6.43 Å². The van der Waals surface area contributed by atoms with Crippen molar-refractivity contribution in [3.63, 3.8) is 0 Å². The summed E-state index contributed by atoms with van der Waals surface area (Å²) in [6.07, 6.45) is 3.38. The van der Waals surface area contributed by atoms with Gasteiger partial charge in [0, 0.05) is 44.6 Å². The number of nitrogens with zero attached hydrogens (tertiary/aromatic N) is 7. The van der Waals surface area contributed by atoms with E-state index in [1.54, 1.807) is 30.3 Å². The molecule has 1 atom stereocenters. The van der Waals surface area contributed by atoms with Crippen LogP contribution >= 0.6 is 0 Å². The molecule has 6 rings (SSSR count). The Balaban J connectivity index is 1.14. The van der Waals surface area contributed by atoms with Crippen molar-refractivity contribution in [1.29, 1.82) is 0 Å². The van der Waals surface area contributed by atoms with Crippen LogP contribution < -0.4 is 9.64 Å². The second-order valence-electron chi connectivity index (χ2n) is 11.4. The summed E-state index contributed by atoms with van der Waals surface area (Å²) in [6.45, 7) is 7.29. The zero-order valence-corrected chi connectivity index (χ0v) is 24.0. The molecule has 1 amide bonds. The number of alkyl halides is 2. The monoisotopic (exact) mass is 583 g/mol. The van der Waals surface area contributed by atoms with Crippen LogP contribution in [-0.2, 0) is 9.53 Å². The summed E-state index contributed by atoms with van der Waals surface area (Å²) in [4.78, 5) is 32.8. The fourth-order valence-corrected chi connectivity index (χ4v) is 6.12. The number of morpholine rings is 1. The highest BCUT2D eigenvalue weighted by Gasteiger charge is 2.28. The molecule has 3 saturated heterocycles. The quantitative estimate of drug-likeness (QED) is 0.353. The normalized spacial score (nSPS) is 20.1. The minimum absolute atomic E-state index is 0.173. The standard InChI is InChI=1S/C30H39F2N7O3/c31-28(32)29-33-23-7-2-3-8-24(23)39(29)25-19-26(35-30(34-25)37-15-17-41-18-16-37)42-21-22-10-14-38(20-22)27(40)9-6-13-36-11-4-1-5-12-36/h2-3,7-8,19,22,28H,1,4-6,9-18,20-21H2/t22-/m0/s1. The highest BCUT2D eigenvalue weighted by atomic mass is 19.3. The fraction of sp³-hybridized carbons (Fsp3) is 0.600. The van der Waals surface area contributed by atoms with E-state index in [0.29, 0.717) is 68.7 Å². The second kappa shape index (κ2) is 13.3. The number of aromatic nitrogens is 4. The zero-order valence-electron chi connectivity index (χ0n) is 24.0. The lowest BCUT2D eigenvalue weighted by Crippen LogP contribution is -2.37. The van der Waals surface area contributed by atoms with Gasteiger partial charge in [0.05, 0.1) is 30.9 Å². The van der Waals surface area contributed by atoms with Crippen molar-refractivity contribution in [2.75, 3.05) is 70.5 Å². The average molecular weight is 584 g/mol. The summed E-state index contributed by atoms with van der Waals surface area (Å²) >= 11 is 0. The molecule has 3 aliphatic heterocycles. The second-order valence-corrected chi connectivity index (χ2v) is 11.4. The Bertz CT molecular complexity index is 1360. The molecule has 226 valence electrons. The van der Waals surface area contributed by atoms with E-state index in [2.05, 4.69) is 19.9 Å². The van der Waals surface area contributed by atoms with Gasteiger partial charge in [-0.3, -0.25) is 9.36 Å². The number of likely N-dealkylation sites (tertiary alicyclic amines) is 2. The van der Waals surface area contributed by atoms with Crippen LogP contribution in [0, 0.1) is 5.92 Å². The van der Waals surface area contributed by atoms with Gasteiger partial charge in [-0.25, -0.2) is 13.8 Å². The Labute approximate surface area is 244 Å². The van der Waals surface area contributed by atoms with Crippen LogP contribution in [0.2, 0.25) is 0 Å². The molecule has 0 saturated carbocycles. The molecule has 0 radical (unpaired) electrons. The number of fused-ring (bicyclic) bond motifs is 1. The van der Waals surface area contributed by atoms with Crippen molar-refractivity contribution < 1.29 is 23.0 Å². The van der Waals surface area contributed by atoms with Gasteiger partial charge in [-0.05, 0) is 57.5 Å². The molecular weight excluding hydrogens is 544 g/mol. The lowest BCUT2D eigenvalue weighted by molar-refractivity contribution is -0.130. The van der Waals surface area contributed by atoms with Crippen LogP contribution in [0.1, 0.15) is 50.8 Å². The van der Waals surface area contributed by atoms with E-state index in [4.69, 9.17) is 9.47 Å². The Hall–Kier alpha value is -3.38. The summed E-state index contributed by atoms with van der Waals surface area (Å²) in [7, 11) is 0. The molecule has 0 aliphatic carbocycles. The number of ether oxygens (including phenoxy) is 2. The predicted molar refractivity (Wildman–Crippen MR) is 154 cm³/mol.